The molecule has 186 valence electrons. The number of methoxy groups -OCH3 is 1. The molecule has 0 radical (unpaired) electrons. The van der Waals surface area contributed by atoms with Gasteiger partial charge in [-0.05, 0) is 49.6 Å². The van der Waals surface area contributed by atoms with Crippen molar-refractivity contribution < 1.29 is 22.5 Å². The van der Waals surface area contributed by atoms with Crippen LogP contribution in [0.5, 0.6) is 5.75 Å². The summed E-state index contributed by atoms with van der Waals surface area (Å²) in [5.41, 5.74) is 1.68. The van der Waals surface area contributed by atoms with Gasteiger partial charge in [-0.15, -0.1) is 0 Å². The molecule has 1 aliphatic heterocycles. The summed E-state index contributed by atoms with van der Waals surface area (Å²) < 4.78 is 38.8. The number of nitrogens with one attached hydrogen (secondary N) is 1. The molecule has 0 unspecified atom stereocenters. The van der Waals surface area contributed by atoms with E-state index in [-0.39, 0.29) is 29.8 Å². The fourth-order valence-corrected chi connectivity index (χ4v) is 5.94. The topological polar surface area (TPSA) is 115 Å². The monoisotopic (exact) mass is 518 g/mol. The molecule has 1 fully saturated rings. The maximum atomic E-state index is 13.5. The Hall–Kier alpha value is -2.95. The molecule has 3 aromatic rings. The van der Waals surface area contributed by atoms with Gasteiger partial charge < -0.3 is 14.6 Å². The Kier molecular flexibility index (Phi) is 7.44. The molecule has 1 aliphatic rings. The van der Waals surface area contributed by atoms with E-state index >= 15 is 0 Å². The van der Waals surface area contributed by atoms with Crippen LogP contribution in [0.2, 0.25) is 5.02 Å². The zero-order valence-corrected chi connectivity index (χ0v) is 21.3. The Bertz CT molecular complexity index is 1330. The first-order chi connectivity index (χ1) is 16.7. The van der Waals surface area contributed by atoms with Gasteiger partial charge in [0.2, 0.25) is 27.6 Å². The van der Waals surface area contributed by atoms with Gasteiger partial charge in [0.15, 0.2) is 0 Å². The van der Waals surface area contributed by atoms with Gasteiger partial charge >= 0.3 is 0 Å². The predicted octanol–water partition coefficient (Wildman–Crippen LogP) is 4.31. The van der Waals surface area contributed by atoms with Gasteiger partial charge in [0.05, 0.1) is 17.7 Å². The van der Waals surface area contributed by atoms with Gasteiger partial charge in [-0.3, -0.25) is 4.79 Å². The fourth-order valence-electron chi connectivity index (χ4n) is 4.04. The number of carbonyl (C=O) groups excluding carboxylic acids is 1. The molecule has 1 aromatic heterocycles. The number of nitrogens with zero attached hydrogens (tertiary/aromatic N) is 3. The van der Waals surface area contributed by atoms with Gasteiger partial charge in [-0.25, -0.2) is 8.42 Å². The van der Waals surface area contributed by atoms with Gasteiger partial charge in [-0.2, -0.15) is 9.29 Å². The molecule has 0 aliphatic carbocycles. The minimum atomic E-state index is -3.77. The smallest absolute Gasteiger partial charge is 0.243 e. The SMILES string of the molecule is CCc1nc(-c2ccc(C)c(S(=O)(=O)N3CCC(C(=O)Nc4cc(Cl)ccc4OC)CC3)c2)no1. The highest BCUT2D eigenvalue weighted by Crippen LogP contribution is 2.31. The molecule has 9 nitrogen and oxygen atoms in total. The number of carbonyl (C=O) groups is 1. The largest absolute Gasteiger partial charge is 0.495 e. The van der Waals surface area contributed by atoms with E-state index in [0.29, 0.717) is 58.6 Å². The Morgan fingerprint density at radius 1 is 1.23 bits per heavy atom. The standard InChI is InChI=1S/C24H27ClN4O5S/c1-4-22-27-23(28-34-22)17-6-5-15(2)21(13-17)35(31,32)29-11-9-16(10-12-29)24(30)26-19-14-18(25)7-8-20(19)33-3/h5-8,13-14,16H,4,9-12H2,1-3H3,(H,26,30). The Balaban J connectivity index is 1.47. The van der Waals surface area contributed by atoms with Crippen LogP contribution in [0.3, 0.4) is 0 Å². The highest BCUT2D eigenvalue weighted by Gasteiger charge is 2.33. The molecule has 1 saturated heterocycles. The number of hydrogen-bond donors (Lipinski definition) is 1. The summed E-state index contributed by atoms with van der Waals surface area (Å²) in [6.45, 7) is 4.12. The van der Waals surface area contributed by atoms with Crippen LogP contribution in [-0.4, -0.2) is 49.0 Å². The zero-order chi connectivity index (χ0) is 25.2. The molecular weight excluding hydrogens is 492 g/mol. The van der Waals surface area contributed by atoms with E-state index in [2.05, 4.69) is 15.5 Å². The summed E-state index contributed by atoms with van der Waals surface area (Å²) in [5, 5.41) is 7.29. The van der Waals surface area contributed by atoms with Crippen molar-refractivity contribution in [2.45, 2.75) is 38.0 Å². The first-order valence-corrected chi connectivity index (χ1v) is 13.1. The van der Waals surface area contributed by atoms with Crippen LogP contribution in [0.4, 0.5) is 5.69 Å². The fraction of sp³-hybridized carbons (Fsp3) is 0.375. The maximum Gasteiger partial charge on any atom is 0.243 e. The van der Waals surface area contributed by atoms with Crippen LogP contribution in [0.25, 0.3) is 11.4 Å². The number of anilines is 1. The normalized spacial score (nSPS) is 15.2. The third-order valence-corrected chi connectivity index (χ3v) is 8.35. The highest BCUT2D eigenvalue weighted by molar-refractivity contribution is 7.89. The second-order valence-electron chi connectivity index (χ2n) is 8.36. The van der Waals surface area contributed by atoms with E-state index in [1.165, 1.54) is 11.4 Å². The van der Waals surface area contributed by atoms with Crippen LogP contribution in [0, 0.1) is 12.8 Å². The molecule has 2 aromatic carbocycles. The molecule has 2 heterocycles. The van der Waals surface area contributed by atoms with Crippen LogP contribution >= 0.6 is 11.6 Å². The van der Waals surface area contributed by atoms with Crippen molar-refractivity contribution >= 4 is 33.2 Å². The third-order valence-electron chi connectivity index (χ3n) is 6.08. The van der Waals surface area contributed by atoms with E-state index in [0.717, 1.165) is 0 Å². The van der Waals surface area contributed by atoms with E-state index in [9.17, 15) is 13.2 Å². The first-order valence-electron chi connectivity index (χ1n) is 11.3. The summed E-state index contributed by atoms with van der Waals surface area (Å²) in [5.74, 6) is 0.825. The third kappa shape index (κ3) is 5.34. The number of aromatic nitrogens is 2. The number of halogens is 1. The van der Waals surface area contributed by atoms with Crippen molar-refractivity contribution in [3.05, 3.63) is 52.9 Å². The number of piperidine rings is 1. The summed E-state index contributed by atoms with van der Waals surface area (Å²) in [4.78, 5) is 17.4. The van der Waals surface area contributed by atoms with Crippen LogP contribution in [-0.2, 0) is 21.2 Å². The number of benzene rings is 2. The van der Waals surface area contributed by atoms with Crippen molar-refractivity contribution in [3.8, 4) is 17.1 Å². The van der Waals surface area contributed by atoms with Gasteiger partial charge in [0.1, 0.15) is 5.75 Å². The number of ether oxygens (including phenoxy) is 1. The second-order valence-corrected chi connectivity index (χ2v) is 10.7. The summed E-state index contributed by atoms with van der Waals surface area (Å²) in [6, 6.07) is 10.1. The second kappa shape index (κ2) is 10.3. The lowest BCUT2D eigenvalue weighted by Gasteiger charge is -2.31. The maximum absolute atomic E-state index is 13.5. The lowest BCUT2D eigenvalue weighted by Crippen LogP contribution is -2.41. The van der Waals surface area contributed by atoms with Gasteiger partial charge in [0.25, 0.3) is 0 Å². The first kappa shape index (κ1) is 25.2. The molecule has 1 amide bonds. The average Bonchev–Trinajstić information content (AvgIpc) is 3.34. The average molecular weight is 519 g/mol. The molecular formula is C24H27ClN4O5S. The molecule has 11 heteroatoms. The summed E-state index contributed by atoms with van der Waals surface area (Å²) >= 11 is 6.05. The molecule has 0 bridgehead atoms. The number of sulfonamides is 1. The molecule has 0 spiro atoms. The van der Waals surface area contributed by atoms with Crippen molar-refractivity contribution in [1.29, 1.82) is 0 Å². The Morgan fingerprint density at radius 2 is 1.97 bits per heavy atom. The van der Waals surface area contributed by atoms with Crippen LogP contribution < -0.4 is 10.1 Å². The van der Waals surface area contributed by atoms with Crippen LogP contribution in [0.1, 0.15) is 31.2 Å². The lowest BCUT2D eigenvalue weighted by molar-refractivity contribution is -0.120. The molecule has 0 saturated carbocycles. The molecule has 0 atom stereocenters. The molecule has 1 N–H and O–H groups in total. The molecule has 35 heavy (non-hydrogen) atoms. The van der Waals surface area contributed by atoms with E-state index in [1.807, 2.05) is 6.92 Å². The number of amides is 1. The minimum Gasteiger partial charge on any atom is -0.495 e. The number of hydrogen-bond acceptors (Lipinski definition) is 7. The van der Waals surface area contributed by atoms with E-state index < -0.39 is 10.0 Å². The quantitative estimate of drug-likeness (QED) is 0.495. The summed E-state index contributed by atoms with van der Waals surface area (Å²) in [7, 11) is -2.25. The lowest BCUT2D eigenvalue weighted by atomic mass is 9.97. The van der Waals surface area contributed by atoms with E-state index in [4.69, 9.17) is 20.9 Å². The Morgan fingerprint density at radius 3 is 2.63 bits per heavy atom. The Labute approximate surface area is 209 Å². The summed E-state index contributed by atoms with van der Waals surface area (Å²) in [6.07, 6.45) is 1.39. The number of aryl methyl sites for hydroxylation is 2. The number of rotatable bonds is 7. The van der Waals surface area contributed by atoms with Gasteiger partial charge in [-0.1, -0.05) is 35.8 Å². The van der Waals surface area contributed by atoms with Crippen LogP contribution in [0.15, 0.2) is 45.8 Å². The van der Waals surface area contributed by atoms with Crippen molar-refractivity contribution in [3.63, 3.8) is 0 Å². The predicted molar refractivity (Wildman–Crippen MR) is 132 cm³/mol. The van der Waals surface area contributed by atoms with Crippen molar-refractivity contribution in [2.24, 2.45) is 5.92 Å². The van der Waals surface area contributed by atoms with Gasteiger partial charge in [0, 0.05) is 36.0 Å². The van der Waals surface area contributed by atoms with E-state index in [1.54, 1.807) is 43.3 Å². The minimum absolute atomic E-state index is 0.190. The van der Waals surface area contributed by atoms with Crippen molar-refractivity contribution in [1.82, 2.24) is 14.4 Å². The highest BCUT2D eigenvalue weighted by atomic mass is 35.5. The zero-order valence-electron chi connectivity index (χ0n) is 19.7. The molecule has 4 rings (SSSR count). The van der Waals surface area contributed by atoms with Crippen molar-refractivity contribution in [2.75, 3.05) is 25.5 Å².